The third-order valence-electron chi connectivity index (χ3n) is 2.11. The van der Waals surface area contributed by atoms with Gasteiger partial charge in [-0.2, -0.15) is 0 Å². The van der Waals surface area contributed by atoms with Crippen molar-refractivity contribution in [3.8, 4) is 0 Å². The molecule has 0 atom stereocenters. The Labute approximate surface area is 106 Å². The summed E-state index contributed by atoms with van der Waals surface area (Å²) in [7, 11) is 0. The van der Waals surface area contributed by atoms with Gasteiger partial charge in [-0.15, -0.1) is 0 Å². The van der Waals surface area contributed by atoms with E-state index in [1.165, 1.54) is 0 Å². The van der Waals surface area contributed by atoms with Gasteiger partial charge in [-0.1, -0.05) is 20.8 Å². The van der Waals surface area contributed by atoms with E-state index in [0.29, 0.717) is 6.54 Å². The van der Waals surface area contributed by atoms with Gasteiger partial charge in [0.2, 0.25) is 5.91 Å². The molecule has 0 aliphatic rings. The first-order valence-corrected chi connectivity index (χ1v) is 5.64. The molecule has 0 fully saturated rings. The highest BCUT2D eigenvalue weighted by Gasteiger charge is 2.19. The lowest BCUT2D eigenvalue weighted by molar-refractivity contribution is -0.137. The van der Waals surface area contributed by atoms with Crippen LogP contribution in [0.1, 0.15) is 27.2 Å². The number of nitrogens with zero attached hydrogens (tertiary/aromatic N) is 1. The summed E-state index contributed by atoms with van der Waals surface area (Å²) in [5, 5.41) is 11.2. The Morgan fingerprint density at radius 1 is 1.22 bits per heavy atom. The van der Waals surface area contributed by atoms with E-state index < -0.39 is 31.0 Å². The Morgan fingerprint density at radius 3 is 2.17 bits per heavy atom. The monoisotopic (exact) mass is 259 g/mol. The predicted octanol–water partition coefficient (Wildman–Crippen LogP) is 0.00410. The summed E-state index contributed by atoms with van der Waals surface area (Å²) in [6, 6.07) is -0.597. The number of carbonyl (C=O) groups is 3. The number of carboxylic acids is 1. The van der Waals surface area contributed by atoms with Crippen LogP contribution in [-0.4, -0.2) is 47.5 Å². The molecule has 0 aromatic carbocycles. The molecule has 3 amide bonds. The normalized spacial score (nSPS) is 10.8. The van der Waals surface area contributed by atoms with Gasteiger partial charge in [0, 0.05) is 6.54 Å². The molecular weight excluding hydrogens is 238 g/mol. The molecule has 104 valence electrons. The van der Waals surface area contributed by atoms with Gasteiger partial charge in [0.1, 0.15) is 13.1 Å². The van der Waals surface area contributed by atoms with Crippen LogP contribution < -0.4 is 11.1 Å². The van der Waals surface area contributed by atoms with Crippen LogP contribution in [0.25, 0.3) is 0 Å². The Morgan fingerprint density at radius 2 is 1.78 bits per heavy atom. The van der Waals surface area contributed by atoms with E-state index in [1.54, 1.807) is 0 Å². The lowest BCUT2D eigenvalue weighted by atomic mass is 9.92. The molecule has 0 unspecified atom stereocenters. The Balaban J connectivity index is 4.29. The summed E-state index contributed by atoms with van der Waals surface area (Å²) in [6.45, 7) is 5.53. The van der Waals surface area contributed by atoms with Gasteiger partial charge in [0.15, 0.2) is 0 Å². The van der Waals surface area contributed by atoms with Gasteiger partial charge in [-0.05, 0) is 11.8 Å². The van der Waals surface area contributed by atoms with Crippen LogP contribution >= 0.6 is 0 Å². The lowest BCUT2D eigenvalue weighted by Crippen LogP contribution is -2.47. The van der Waals surface area contributed by atoms with E-state index in [4.69, 9.17) is 10.8 Å². The minimum absolute atomic E-state index is 0.0641. The third kappa shape index (κ3) is 8.37. The summed E-state index contributed by atoms with van der Waals surface area (Å²) in [6.07, 6.45) is 0.746. The van der Waals surface area contributed by atoms with Crippen LogP contribution in [0, 0.1) is 5.41 Å². The molecule has 0 saturated heterocycles. The molecule has 0 radical (unpaired) electrons. The number of nitrogens with one attached hydrogen (secondary N) is 1. The van der Waals surface area contributed by atoms with Crippen molar-refractivity contribution in [3.63, 3.8) is 0 Å². The van der Waals surface area contributed by atoms with Crippen molar-refractivity contribution >= 4 is 17.9 Å². The number of hydrogen-bond donors (Lipinski definition) is 3. The minimum atomic E-state index is -1.19. The van der Waals surface area contributed by atoms with E-state index in [1.807, 2.05) is 20.8 Å². The van der Waals surface area contributed by atoms with Crippen molar-refractivity contribution in [2.24, 2.45) is 11.1 Å². The largest absolute Gasteiger partial charge is 0.480 e. The number of rotatable bonds is 6. The van der Waals surface area contributed by atoms with Gasteiger partial charge in [-0.25, -0.2) is 4.79 Å². The maximum atomic E-state index is 11.6. The molecule has 0 aliphatic carbocycles. The van der Waals surface area contributed by atoms with E-state index in [0.717, 1.165) is 11.3 Å². The maximum absolute atomic E-state index is 11.6. The molecule has 4 N–H and O–H groups in total. The Kier molecular flexibility index (Phi) is 6.15. The third-order valence-corrected chi connectivity index (χ3v) is 2.11. The second kappa shape index (κ2) is 6.83. The van der Waals surface area contributed by atoms with Crippen molar-refractivity contribution in [3.05, 3.63) is 0 Å². The number of amides is 3. The average molecular weight is 259 g/mol. The van der Waals surface area contributed by atoms with Crippen LogP contribution in [0.5, 0.6) is 0 Å². The summed E-state index contributed by atoms with van der Waals surface area (Å²) in [5.74, 6) is -1.94. The Bertz CT molecular complexity index is 307. The first-order valence-electron chi connectivity index (χ1n) is 5.64. The first kappa shape index (κ1) is 16.2. The summed E-state index contributed by atoms with van der Waals surface area (Å²) in [5.41, 5.74) is 5.02. The quantitative estimate of drug-likeness (QED) is 0.623. The number of nitrogens with two attached hydrogens (primary N) is 1. The second-order valence-electron chi connectivity index (χ2n) is 5.26. The van der Waals surface area contributed by atoms with Crippen LogP contribution in [0.2, 0.25) is 0 Å². The molecule has 0 aromatic heterocycles. The zero-order valence-corrected chi connectivity index (χ0v) is 11.0. The lowest BCUT2D eigenvalue weighted by Gasteiger charge is -2.22. The molecule has 0 rings (SSSR count). The number of hydrogen-bond acceptors (Lipinski definition) is 3. The van der Waals surface area contributed by atoms with E-state index >= 15 is 0 Å². The number of urea groups is 1. The fourth-order valence-electron chi connectivity index (χ4n) is 1.21. The van der Waals surface area contributed by atoms with Crippen LogP contribution in [0.3, 0.4) is 0 Å². The molecule has 18 heavy (non-hydrogen) atoms. The maximum Gasteiger partial charge on any atom is 0.323 e. The topological polar surface area (TPSA) is 113 Å². The fraction of sp³-hybridized carbons (Fsp3) is 0.727. The van der Waals surface area contributed by atoms with Crippen LogP contribution in [0.15, 0.2) is 0 Å². The smallest absolute Gasteiger partial charge is 0.323 e. The summed E-state index contributed by atoms with van der Waals surface area (Å²) in [4.78, 5) is 33.8. The highest BCUT2D eigenvalue weighted by atomic mass is 16.4. The van der Waals surface area contributed by atoms with Gasteiger partial charge in [0.25, 0.3) is 0 Å². The molecule has 0 aromatic rings. The highest BCUT2D eigenvalue weighted by Crippen LogP contribution is 2.16. The number of aliphatic carboxylic acids is 1. The molecule has 7 nitrogen and oxygen atoms in total. The van der Waals surface area contributed by atoms with Crippen molar-refractivity contribution in [1.82, 2.24) is 10.2 Å². The van der Waals surface area contributed by atoms with Gasteiger partial charge in [-0.3, -0.25) is 9.59 Å². The van der Waals surface area contributed by atoms with Crippen LogP contribution in [-0.2, 0) is 9.59 Å². The SMILES string of the molecule is CC(C)(C)CCNC(=O)N(CC(N)=O)CC(=O)O. The van der Waals surface area contributed by atoms with E-state index in [9.17, 15) is 14.4 Å². The molecule has 0 aliphatic heterocycles. The van der Waals surface area contributed by atoms with E-state index in [-0.39, 0.29) is 5.41 Å². The number of carboxylic acid groups (broad SMARTS) is 1. The second-order valence-corrected chi connectivity index (χ2v) is 5.26. The zero-order chi connectivity index (χ0) is 14.3. The van der Waals surface area contributed by atoms with Crippen LogP contribution in [0.4, 0.5) is 4.79 Å². The highest BCUT2D eigenvalue weighted by molar-refractivity contribution is 5.85. The molecule has 0 heterocycles. The number of carbonyl (C=O) groups excluding carboxylic acids is 2. The molecule has 0 saturated carbocycles. The minimum Gasteiger partial charge on any atom is -0.480 e. The van der Waals surface area contributed by atoms with Gasteiger partial charge < -0.3 is 21.1 Å². The van der Waals surface area contributed by atoms with Gasteiger partial charge >= 0.3 is 12.0 Å². The molecule has 7 heteroatoms. The molecular formula is C11H21N3O4. The van der Waals surface area contributed by atoms with Crippen molar-refractivity contribution < 1.29 is 19.5 Å². The molecule has 0 bridgehead atoms. The first-order chi connectivity index (χ1) is 8.11. The Hall–Kier alpha value is -1.79. The molecule has 0 spiro atoms. The summed E-state index contributed by atoms with van der Waals surface area (Å²) < 4.78 is 0. The standard InChI is InChI=1S/C11H21N3O4/c1-11(2,3)4-5-13-10(18)14(6-8(12)15)7-9(16)17/h4-7H2,1-3H3,(H2,12,15)(H,13,18)(H,16,17). The predicted molar refractivity (Wildman–Crippen MR) is 65.9 cm³/mol. The average Bonchev–Trinajstić information content (AvgIpc) is 2.12. The van der Waals surface area contributed by atoms with Crippen molar-refractivity contribution in [2.45, 2.75) is 27.2 Å². The fourth-order valence-corrected chi connectivity index (χ4v) is 1.21. The van der Waals surface area contributed by atoms with Crippen molar-refractivity contribution in [1.29, 1.82) is 0 Å². The van der Waals surface area contributed by atoms with Gasteiger partial charge in [0.05, 0.1) is 0 Å². The van der Waals surface area contributed by atoms with E-state index in [2.05, 4.69) is 5.32 Å². The number of primary amides is 1. The van der Waals surface area contributed by atoms with Crippen molar-refractivity contribution in [2.75, 3.05) is 19.6 Å². The zero-order valence-electron chi connectivity index (χ0n) is 11.0. The summed E-state index contributed by atoms with van der Waals surface area (Å²) >= 11 is 0.